The molecule has 0 spiro atoms. The highest BCUT2D eigenvalue weighted by molar-refractivity contribution is 7.10. The lowest BCUT2D eigenvalue weighted by atomic mass is 10.2. The molecule has 0 unspecified atom stereocenters. The van der Waals surface area contributed by atoms with E-state index < -0.39 is 0 Å². The van der Waals surface area contributed by atoms with E-state index in [0.29, 0.717) is 22.5 Å². The van der Waals surface area contributed by atoms with Gasteiger partial charge in [-0.05, 0) is 47.7 Å². The second kappa shape index (κ2) is 4.83. The van der Waals surface area contributed by atoms with Crippen LogP contribution in [0, 0.1) is 0 Å². The third-order valence-corrected chi connectivity index (χ3v) is 4.72. The Labute approximate surface area is 130 Å². The van der Waals surface area contributed by atoms with Crippen molar-refractivity contribution in [2.75, 3.05) is 0 Å². The average Bonchev–Trinajstić information content (AvgIpc) is 3.11. The second-order valence-corrected chi connectivity index (χ2v) is 6.40. The van der Waals surface area contributed by atoms with Crippen LogP contribution in [0.5, 0.6) is 0 Å². The molecule has 4 rings (SSSR count). The minimum atomic E-state index is -0.00733. The summed E-state index contributed by atoms with van der Waals surface area (Å²) in [6.45, 7) is 0.681. The Morgan fingerprint density at radius 3 is 3.05 bits per heavy atom. The van der Waals surface area contributed by atoms with Gasteiger partial charge in [-0.3, -0.25) is 9.36 Å². The van der Waals surface area contributed by atoms with Gasteiger partial charge in [0.15, 0.2) is 0 Å². The summed E-state index contributed by atoms with van der Waals surface area (Å²) < 4.78 is 1.75. The first kappa shape index (κ1) is 12.8. The smallest absolute Gasteiger partial charge is 0.261 e. The van der Waals surface area contributed by atoms with Crippen molar-refractivity contribution in [1.29, 1.82) is 0 Å². The lowest BCUT2D eigenvalue weighted by Gasteiger charge is -2.05. The molecule has 0 amide bonds. The topological polar surface area (TPSA) is 34.9 Å². The molecule has 5 heteroatoms. The number of benzene rings is 1. The van der Waals surface area contributed by atoms with Gasteiger partial charge in [-0.25, -0.2) is 4.98 Å². The van der Waals surface area contributed by atoms with Crippen LogP contribution < -0.4 is 5.56 Å². The number of hydrogen-bond acceptors (Lipinski definition) is 3. The number of halogens is 1. The molecule has 0 saturated carbocycles. The predicted octanol–water partition coefficient (Wildman–Crippen LogP) is 4.06. The summed E-state index contributed by atoms with van der Waals surface area (Å²) >= 11 is 7.66. The van der Waals surface area contributed by atoms with Crippen LogP contribution in [0.3, 0.4) is 0 Å². The molecular weight excluding hydrogens is 304 g/mol. The molecule has 3 aromatic rings. The maximum Gasteiger partial charge on any atom is 0.261 e. The molecule has 1 aliphatic heterocycles. The highest BCUT2D eigenvalue weighted by Gasteiger charge is 2.20. The summed E-state index contributed by atoms with van der Waals surface area (Å²) in [6, 6.07) is 9.36. The summed E-state index contributed by atoms with van der Waals surface area (Å²) in [5, 5.41) is 3.20. The first-order valence-corrected chi connectivity index (χ1v) is 7.93. The van der Waals surface area contributed by atoms with E-state index in [9.17, 15) is 4.79 Å². The van der Waals surface area contributed by atoms with E-state index in [0.717, 1.165) is 17.8 Å². The van der Waals surface area contributed by atoms with Crippen LogP contribution in [0.15, 0.2) is 40.5 Å². The van der Waals surface area contributed by atoms with Gasteiger partial charge in [0.25, 0.3) is 5.56 Å². The number of hydrogen-bond donors (Lipinski definition) is 0. The number of fused-ring (bicyclic) bond motifs is 2. The molecule has 0 bridgehead atoms. The molecule has 0 atom stereocenters. The van der Waals surface area contributed by atoms with Gasteiger partial charge in [-0.15, -0.1) is 11.3 Å². The quantitative estimate of drug-likeness (QED) is 0.679. The zero-order chi connectivity index (χ0) is 14.4. The van der Waals surface area contributed by atoms with Crippen molar-refractivity contribution in [3.63, 3.8) is 0 Å². The minimum Gasteiger partial charge on any atom is -0.292 e. The van der Waals surface area contributed by atoms with Crippen molar-refractivity contribution < 1.29 is 0 Å². The van der Waals surface area contributed by atoms with Crippen molar-refractivity contribution in [1.82, 2.24) is 9.55 Å². The van der Waals surface area contributed by atoms with E-state index >= 15 is 0 Å². The Kier molecular flexibility index (Phi) is 2.94. The SMILES string of the molecule is O=c1c2cc(Cl)ccc2nc2n1CCC2=Cc1cccs1. The lowest BCUT2D eigenvalue weighted by Crippen LogP contribution is -2.20. The Morgan fingerprint density at radius 1 is 1.33 bits per heavy atom. The summed E-state index contributed by atoms with van der Waals surface area (Å²) in [7, 11) is 0. The number of thiophene rings is 1. The van der Waals surface area contributed by atoms with Gasteiger partial charge in [0, 0.05) is 16.4 Å². The van der Waals surface area contributed by atoms with Crippen LogP contribution in [0.2, 0.25) is 5.02 Å². The fourth-order valence-electron chi connectivity index (χ4n) is 2.67. The van der Waals surface area contributed by atoms with E-state index in [4.69, 9.17) is 11.6 Å². The minimum absolute atomic E-state index is 0.00733. The molecule has 0 fully saturated rings. The number of aromatic nitrogens is 2. The Hall–Kier alpha value is -1.91. The molecule has 1 aliphatic rings. The Morgan fingerprint density at radius 2 is 2.24 bits per heavy atom. The van der Waals surface area contributed by atoms with Crippen LogP contribution >= 0.6 is 22.9 Å². The summed E-state index contributed by atoms with van der Waals surface area (Å²) in [6.07, 6.45) is 2.96. The van der Waals surface area contributed by atoms with Crippen molar-refractivity contribution in [3.05, 3.63) is 61.8 Å². The summed E-state index contributed by atoms with van der Waals surface area (Å²) in [5.41, 5.74) is 1.81. The van der Waals surface area contributed by atoms with E-state index in [1.165, 1.54) is 4.88 Å². The van der Waals surface area contributed by atoms with E-state index in [1.807, 2.05) is 11.4 Å². The monoisotopic (exact) mass is 314 g/mol. The Balaban J connectivity index is 1.96. The van der Waals surface area contributed by atoms with Gasteiger partial charge in [0.05, 0.1) is 10.9 Å². The van der Waals surface area contributed by atoms with Crippen molar-refractivity contribution in [3.8, 4) is 0 Å². The van der Waals surface area contributed by atoms with Gasteiger partial charge in [0.2, 0.25) is 0 Å². The van der Waals surface area contributed by atoms with Crippen LogP contribution in [-0.4, -0.2) is 9.55 Å². The molecule has 3 nitrogen and oxygen atoms in total. The molecule has 3 heterocycles. The van der Waals surface area contributed by atoms with Gasteiger partial charge >= 0.3 is 0 Å². The highest BCUT2D eigenvalue weighted by atomic mass is 35.5. The van der Waals surface area contributed by atoms with Crippen molar-refractivity contribution in [2.45, 2.75) is 13.0 Å². The summed E-state index contributed by atoms with van der Waals surface area (Å²) in [4.78, 5) is 18.4. The maximum atomic E-state index is 12.6. The van der Waals surface area contributed by atoms with Crippen LogP contribution in [0.1, 0.15) is 17.1 Å². The lowest BCUT2D eigenvalue weighted by molar-refractivity contribution is 0.725. The third kappa shape index (κ3) is 2.11. The zero-order valence-corrected chi connectivity index (χ0v) is 12.6. The molecule has 0 saturated heterocycles. The van der Waals surface area contributed by atoms with Crippen molar-refractivity contribution in [2.24, 2.45) is 0 Å². The first-order valence-electron chi connectivity index (χ1n) is 6.67. The van der Waals surface area contributed by atoms with Gasteiger partial charge in [-0.1, -0.05) is 17.7 Å². The Bertz CT molecular complexity index is 925. The largest absolute Gasteiger partial charge is 0.292 e. The average molecular weight is 315 g/mol. The third-order valence-electron chi connectivity index (χ3n) is 3.67. The number of rotatable bonds is 1. The molecular formula is C16H11ClN2OS. The maximum absolute atomic E-state index is 12.6. The van der Waals surface area contributed by atoms with Gasteiger partial charge in [-0.2, -0.15) is 0 Å². The van der Waals surface area contributed by atoms with E-state index in [1.54, 1.807) is 34.1 Å². The van der Waals surface area contributed by atoms with E-state index in [2.05, 4.69) is 17.1 Å². The van der Waals surface area contributed by atoms with Gasteiger partial charge in [0.1, 0.15) is 5.82 Å². The van der Waals surface area contributed by atoms with Crippen molar-refractivity contribution >= 4 is 45.5 Å². The van der Waals surface area contributed by atoms with Crippen LogP contribution in [0.25, 0.3) is 22.6 Å². The van der Waals surface area contributed by atoms with Crippen LogP contribution in [-0.2, 0) is 6.54 Å². The van der Waals surface area contributed by atoms with E-state index in [-0.39, 0.29) is 5.56 Å². The van der Waals surface area contributed by atoms with Crippen LogP contribution in [0.4, 0.5) is 0 Å². The fraction of sp³-hybridized carbons (Fsp3) is 0.125. The zero-order valence-electron chi connectivity index (χ0n) is 11.0. The first-order chi connectivity index (χ1) is 10.2. The molecule has 0 N–H and O–H groups in total. The summed E-state index contributed by atoms with van der Waals surface area (Å²) in [5.74, 6) is 0.781. The molecule has 21 heavy (non-hydrogen) atoms. The highest BCUT2D eigenvalue weighted by Crippen LogP contribution is 2.29. The fourth-order valence-corrected chi connectivity index (χ4v) is 3.53. The molecule has 0 aliphatic carbocycles. The number of nitrogens with zero attached hydrogens (tertiary/aromatic N) is 2. The molecule has 2 aromatic heterocycles. The molecule has 1 aromatic carbocycles. The van der Waals surface area contributed by atoms with Gasteiger partial charge < -0.3 is 0 Å². The standard InChI is InChI=1S/C16H11ClN2OS/c17-11-3-4-14-13(9-11)16(20)19-6-5-10(15(19)18-14)8-12-2-1-7-21-12/h1-4,7-9H,5-6H2. The predicted molar refractivity (Wildman–Crippen MR) is 87.8 cm³/mol. The number of allylic oxidation sites excluding steroid dienone is 1. The molecule has 0 radical (unpaired) electrons. The molecule has 104 valence electrons. The second-order valence-electron chi connectivity index (χ2n) is 4.99. The normalized spacial score (nSPS) is 15.8.